The van der Waals surface area contributed by atoms with E-state index in [1.54, 1.807) is 32.0 Å². The first-order valence-electron chi connectivity index (χ1n) is 12.2. The molecule has 1 saturated heterocycles. The fraction of sp³-hybridized carbons (Fsp3) is 0.522. The number of benzene rings is 1. The van der Waals surface area contributed by atoms with E-state index in [1.807, 2.05) is 0 Å². The smallest absolute Gasteiger partial charge is 0.380 e. The first-order valence-corrected chi connectivity index (χ1v) is 13.7. The highest BCUT2D eigenvalue weighted by molar-refractivity contribution is 7.72. The lowest BCUT2D eigenvalue weighted by Crippen LogP contribution is -2.44. The summed E-state index contributed by atoms with van der Waals surface area (Å²) >= 11 is 10.3. The van der Waals surface area contributed by atoms with Gasteiger partial charge in [0.15, 0.2) is 11.0 Å². The van der Waals surface area contributed by atoms with Crippen molar-refractivity contribution < 1.29 is 40.8 Å². The van der Waals surface area contributed by atoms with E-state index in [0.717, 1.165) is 0 Å². The molecule has 0 saturated carbocycles. The minimum atomic E-state index is -4.44. The molecule has 2 unspecified atom stereocenters. The number of esters is 1. The number of para-hydroxylation sites is 1. The van der Waals surface area contributed by atoms with Crippen LogP contribution in [-0.4, -0.2) is 62.4 Å². The fourth-order valence-corrected chi connectivity index (χ4v) is 5.68. The first-order chi connectivity index (χ1) is 17.6. The van der Waals surface area contributed by atoms with Gasteiger partial charge in [0, 0.05) is 6.20 Å². The number of aromatic amines is 1. The zero-order valence-corrected chi connectivity index (χ0v) is 22.7. The number of hydrogen-bond donors (Lipinski definition) is 3. The van der Waals surface area contributed by atoms with E-state index in [2.05, 4.69) is 4.98 Å². The van der Waals surface area contributed by atoms with Crippen molar-refractivity contribution in [2.45, 2.75) is 57.8 Å². The molecular formula is C23H31N2O8PS2. The highest BCUT2D eigenvalue weighted by Crippen LogP contribution is 2.51. The average Bonchev–Trinajstić information content (AvgIpc) is 3.03. The van der Waals surface area contributed by atoms with Crippen LogP contribution in [0.15, 0.2) is 42.6 Å². The van der Waals surface area contributed by atoms with Gasteiger partial charge in [-0.15, -0.1) is 0 Å². The molecule has 2 heterocycles. The van der Waals surface area contributed by atoms with Gasteiger partial charge < -0.3 is 29.2 Å². The van der Waals surface area contributed by atoms with E-state index in [4.69, 9.17) is 45.7 Å². The summed E-state index contributed by atoms with van der Waals surface area (Å²) in [6.45, 7) is 3.05. The summed E-state index contributed by atoms with van der Waals surface area (Å²) < 4.78 is 54.7. The summed E-state index contributed by atoms with van der Waals surface area (Å²) in [5.41, 5.74) is -2.05. The fourth-order valence-electron chi connectivity index (χ4n) is 3.48. The van der Waals surface area contributed by atoms with Crippen LogP contribution in [0.5, 0.6) is 5.75 Å². The second kappa shape index (κ2) is 11.6. The number of ether oxygens (including phenoxy) is 2. The summed E-state index contributed by atoms with van der Waals surface area (Å²) in [6.07, 6.45) is -4.56. The van der Waals surface area contributed by atoms with Crippen molar-refractivity contribution in [2.24, 2.45) is 5.92 Å². The molecular weight excluding hydrogens is 527 g/mol. The lowest BCUT2D eigenvalue weighted by Gasteiger charge is -2.28. The van der Waals surface area contributed by atoms with Gasteiger partial charge in [-0.2, -0.15) is 0 Å². The molecule has 1 aliphatic heterocycles. The SMILES string of the molecule is [2H]C([2H])(OP(=O)(C[C@@H](C)C(=O)OC(C)C)Oc1ccccc1)[C@H]1O[C@@H](n2ccc(=S)[nH]c2=S)C(C)(O)[C@H]1O. The van der Waals surface area contributed by atoms with E-state index in [1.165, 1.54) is 42.8 Å². The van der Waals surface area contributed by atoms with Crippen LogP contribution in [0.25, 0.3) is 0 Å². The monoisotopic (exact) mass is 560 g/mol. The highest BCUT2D eigenvalue weighted by atomic mass is 32.1. The van der Waals surface area contributed by atoms with E-state index in [9.17, 15) is 19.6 Å². The molecule has 1 aromatic heterocycles. The van der Waals surface area contributed by atoms with Crippen molar-refractivity contribution >= 4 is 38.0 Å². The average molecular weight is 561 g/mol. The Kier molecular flexibility index (Phi) is 8.32. The molecule has 2 aromatic rings. The second-order valence-corrected chi connectivity index (χ2v) is 11.7. The molecule has 6 atom stereocenters. The molecule has 3 N–H and O–H groups in total. The van der Waals surface area contributed by atoms with E-state index >= 15 is 0 Å². The van der Waals surface area contributed by atoms with E-state index < -0.39 is 62.3 Å². The lowest BCUT2D eigenvalue weighted by atomic mass is 9.96. The van der Waals surface area contributed by atoms with E-state index in [-0.39, 0.29) is 10.5 Å². The molecule has 1 fully saturated rings. The number of carbonyl (C=O) groups excluding carboxylic acids is 1. The van der Waals surface area contributed by atoms with Crippen molar-refractivity contribution in [3.8, 4) is 5.75 Å². The maximum atomic E-state index is 13.9. The molecule has 3 rings (SSSR count). The molecule has 0 bridgehead atoms. The minimum absolute atomic E-state index is 0.0627. The first kappa shape index (κ1) is 25.7. The van der Waals surface area contributed by atoms with E-state index in [0.29, 0.717) is 4.64 Å². The number of aromatic nitrogens is 2. The van der Waals surface area contributed by atoms with Crippen LogP contribution >= 0.6 is 32.0 Å². The molecule has 1 aromatic carbocycles. The third-order valence-corrected chi connectivity index (χ3v) is 7.73. The molecule has 0 spiro atoms. The van der Waals surface area contributed by atoms with Crippen LogP contribution in [-0.2, 0) is 23.4 Å². The number of hydrogen-bond acceptors (Lipinski definition) is 10. The Labute approximate surface area is 222 Å². The van der Waals surface area contributed by atoms with Crippen LogP contribution in [0.1, 0.15) is 36.7 Å². The number of carbonyl (C=O) groups is 1. The third kappa shape index (κ3) is 6.89. The Morgan fingerprint density at radius 3 is 2.58 bits per heavy atom. The predicted molar refractivity (Wildman–Crippen MR) is 137 cm³/mol. The number of nitrogens with zero attached hydrogens (tertiary/aromatic N) is 1. The number of aliphatic hydroxyl groups excluding tert-OH is 1. The molecule has 36 heavy (non-hydrogen) atoms. The van der Waals surface area contributed by atoms with Gasteiger partial charge in [-0.1, -0.05) is 37.3 Å². The van der Waals surface area contributed by atoms with Gasteiger partial charge in [-0.3, -0.25) is 13.9 Å². The molecule has 0 amide bonds. The Morgan fingerprint density at radius 2 is 1.97 bits per heavy atom. The number of nitrogens with one attached hydrogen (secondary N) is 1. The van der Waals surface area contributed by atoms with Crippen LogP contribution in [0, 0.1) is 15.3 Å². The van der Waals surface area contributed by atoms with Crippen LogP contribution in [0.2, 0.25) is 0 Å². The lowest BCUT2D eigenvalue weighted by molar-refractivity contribution is -0.151. The molecule has 1 aliphatic rings. The third-order valence-electron chi connectivity index (χ3n) is 5.31. The topological polar surface area (TPSA) is 132 Å². The Balaban J connectivity index is 1.93. The number of H-pyrrole nitrogens is 1. The Bertz CT molecular complexity index is 1300. The second-order valence-electron chi connectivity index (χ2n) is 8.89. The molecule has 198 valence electrons. The summed E-state index contributed by atoms with van der Waals surface area (Å²) in [4.78, 5) is 15.1. The number of rotatable bonds is 10. The van der Waals surface area contributed by atoms with Gasteiger partial charge in [0.05, 0.1) is 27.5 Å². The largest absolute Gasteiger partial charge is 0.463 e. The highest BCUT2D eigenvalue weighted by Gasteiger charge is 2.53. The minimum Gasteiger partial charge on any atom is -0.463 e. The summed E-state index contributed by atoms with van der Waals surface area (Å²) in [5, 5.41) is 22.0. The van der Waals surface area contributed by atoms with Gasteiger partial charge in [0.25, 0.3) is 0 Å². The molecule has 10 nitrogen and oxygen atoms in total. The van der Waals surface area contributed by atoms with Gasteiger partial charge >= 0.3 is 13.6 Å². The molecule has 13 heteroatoms. The zero-order chi connectivity index (χ0) is 28.5. The summed E-state index contributed by atoms with van der Waals surface area (Å²) in [6, 6.07) is 9.40. The normalized spacial score (nSPS) is 27.6. The van der Waals surface area contributed by atoms with Crippen LogP contribution in [0.3, 0.4) is 0 Å². The Hall–Kier alpha value is -1.92. The summed E-state index contributed by atoms with van der Waals surface area (Å²) in [5.74, 6) is -1.55. The van der Waals surface area contributed by atoms with Crippen molar-refractivity contribution in [1.82, 2.24) is 9.55 Å². The standard InChI is InChI=1S/C23H31N2O8PS2/c1-14(2)31-20(27)15(3)13-34(29,33-16-8-6-5-7-9-16)30-12-17-19(26)23(4,28)21(32-17)25-11-10-18(35)24-22(25)36/h5-11,14-15,17,19,21,26,28H,12-13H2,1-4H3,(H,24,35,36)/t15-,17-,19+,21-,23?,34?/m1/s1/i12D2. The zero-order valence-electron chi connectivity index (χ0n) is 22.2. The predicted octanol–water partition coefficient (Wildman–Crippen LogP) is 4.16. The Morgan fingerprint density at radius 1 is 1.31 bits per heavy atom. The molecule has 0 aliphatic carbocycles. The maximum Gasteiger partial charge on any atom is 0.380 e. The van der Waals surface area contributed by atoms with Gasteiger partial charge in [-0.25, -0.2) is 4.57 Å². The number of aliphatic hydroxyl groups is 2. The van der Waals surface area contributed by atoms with Gasteiger partial charge in [0.2, 0.25) is 0 Å². The van der Waals surface area contributed by atoms with Crippen LogP contribution < -0.4 is 4.52 Å². The summed E-state index contributed by atoms with van der Waals surface area (Å²) in [7, 11) is -4.44. The van der Waals surface area contributed by atoms with Crippen LogP contribution in [0.4, 0.5) is 0 Å². The van der Waals surface area contributed by atoms with Gasteiger partial charge in [-0.05, 0) is 51.2 Å². The van der Waals surface area contributed by atoms with Crippen molar-refractivity contribution in [2.75, 3.05) is 12.7 Å². The molecule has 0 radical (unpaired) electrons. The van der Waals surface area contributed by atoms with Crippen molar-refractivity contribution in [3.63, 3.8) is 0 Å². The van der Waals surface area contributed by atoms with Crippen molar-refractivity contribution in [3.05, 3.63) is 52.0 Å². The van der Waals surface area contributed by atoms with Crippen molar-refractivity contribution in [1.29, 1.82) is 0 Å². The quantitative estimate of drug-likeness (QED) is 0.221. The van der Waals surface area contributed by atoms with Gasteiger partial charge in [0.1, 0.15) is 28.2 Å². The maximum absolute atomic E-state index is 13.9.